The van der Waals surface area contributed by atoms with Gasteiger partial charge in [0, 0.05) is 24.9 Å². The molecule has 32 heavy (non-hydrogen) atoms. The molecular weight excluding hydrogens is 444 g/mol. The largest absolute Gasteiger partial charge is 0.495 e. The second-order valence-corrected chi connectivity index (χ2v) is 9.98. The highest BCUT2D eigenvalue weighted by Gasteiger charge is 2.24. The summed E-state index contributed by atoms with van der Waals surface area (Å²) in [4.78, 5) is 22.5. The second kappa shape index (κ2) is 10.3. The number of hydrogen-bond donors (Lipinski definition) is 2. The van der Waals surface area contributed by atoms with Crippen LogP contribution in [0.2, 0.25) is 0 Å². The average Bonchev–Trinajstić information content (AvgIpc) is 3.48. The van der Waals surface area contributed by atoms with E-state index in [4.69, 9.17) is 4.74 Å². The SMILES string of the molecule is COc1ccc(-c2sc(NC(=O)C3CCCC3)nc2C)cc1S(=O)NCc1ccncc1. The molecule has 0 spiro atoms. The molecule has 1 unspecified atom stereocenters. The van der Waals surface area contributed by atoms with Gasteiger partial charge in [0.1, 0.15) is 16.7 Å². The lowest BCUT2D eigenvalue weighted by Crippen LogP contribution is -2.20. The van der Waals surface area contributed by atoms with Crippen molar-refractivity contribution in [3.63, 3.8) is 0 Å². The first-order chi connectivity index (χ1) is 15.5. The maximum atomic E-state index is 13.0. The Balaban J connectivity index is 1.53. The summed E-state index contributed by atoms with van der Waals surface area (Å²) < 4.78 is 21.5. The standard InChI is InChI=1S/C23H26N4O3S2/c1-15-21(31-23(26-15)27-22(28)17-5-3-4-6-17)18-7-8-19(30-2)20(13-18)32(29)25-14-16-9-11-24-12-10-16/h7-13,17,25H,3-6,14H2,1-2H3,(H,26,27,28). The van der Waals surface area contributed by atoms with Gasteiger partial charge in [0.25, 0.3) is 0 Å². The Bertz CT molecular complexity index is 1110. The van der Waals surface area contributed by atoms with Crippen molar-refractivity contribution in [2.75, 3.05) is 12.4 Å². The molecular formula is C23H26N4O3S2. The van der Waals surface area contributed by atoms with Crippen molar-refractivity contribution < 1.29 is 13.7 Å². The lowest BCUT2D eigenvalue weighted by molar-refractivity contribution is -0.119. The highest BCUT2D eigenvalue weighted by Crippen LogP contribution is 2.36. The van der Waals surface area contributed by atoms with Crippen LogP contribution in [-0.2, 0) is 22.3 Å². The van der Waals surface area contributed by atoms with Crippen molar-refractivity contribution in [1.29, 1.82) is 0 Å². The number of nitrogens with zero attached hydrogens (tertiary/aromatic N) is 2. The molecule has 7 nitrogen and oxygen atoms in total. The highest BCUT2D eigenvalue weighted by atomic mass is 32.2. The molecule has 1 atom stereocenters. The number of amides is 1. The molecule has 0 saturated heterocycles. The molecule has 1 aromatic carbocycles. The summed E-state index contributed by atoms with van der Waals surface area (Å²) in [5.41, 5.74) is 2.70. The van der Waals surface area contributed by atoms with Crippen molar-refractivity contribution >= 4 is 33.4 Å². The van der Waals surface area contributed by atoms with Crippen LogP contribution in [0.5, 0.6) is 5.75 Å². The van der Waals surface area contributed by atoms with E-state index in [2.05, 4.69) is 20.0 Å². The zero-order chi connectivity index (χ0) is 22.5. The number of carbonyl (C=O) groups is 1. The molecule has 1 amide bonds. The number of rotatable bonds is 8. The Morgan fingerprint density at radius 2 is 1.97 bits per heavy atom. The smallest absolute Gasteiger partial charge is 0.229 e. The van der Waals surface area contributed by atoms with E-state index >= 15 is 0 Å². The number of nitrogens with one attached hydrogen (secondary N) is 2. The minimum absolute atomic E-state index is 0.0552. The number of benzene rings is 1. The van der Waals surface area contributed by atoms with Gasteiger partial charge in [-0.2, -0.15) is 0 Å². The number of ether oxygens (including phenoxy) is 1. The highest BCUT2D eigenvalue weighted by molar-refractivity contribution is 7.83. The summed E-state index contributed by atoms with van der Waals surface area (Å²) in [6, 6.07) is 9.34. The van der Waals surface area contributed by atoms with Crippen molar-refractivity contribution in [1.82, 2.24) is 14.7 Å². The van der Waals surface area contributed by atoms with E-state index in [1.165, 1.54) is 11.3 Å². The number of aromatic nitrogens is 2. The van der Waals surface area contributed by atoms with Gasteiger partial charge in [0.15, 0.2) is 5.13 Å². The summed E-state index contributed by atoms with van der Waals surface area (Å²) in [6.45, 7) is 2.36. The molecule has 168 valence electrons. The third-order valence-corrected chi connectivity index (χ3v) is 7.78. The fourth-order valence-electron chi connectivity index (χ4n) is 3.80. The van der Waals surface area contributed by atoms with E-state index in [0.717, 1.165) is 47.4 Å². The van der Waals surface area contributed by atoms with Gasteiger partial charge in [0.2, 0.25) is 5.91 Å². The number of thiazole rings is 1. The van der Waals surface area contributed by atoms with Gasteiger partial charge in [-0.1, -0.05) is 24.2 Å². The van der Waals surface area contributed by atoms with Crippen LogP contribution in [0.4, 0.5) is 5.13 Å². The van der Waals surface area contributed by atoms with Crippen LogP contribution in [0.25, 0.3) is 10.4 Å². The molecule has 2 heterocycles. The number of methoxy groups -OCH3 is 1. The van der Waals surface area contributed by atoms with Gasteiger partial charge in [-0.25, -0.2) is 13.9 Å². The predicted molar refractivity (Wildman–Crippen MR) is 127 cm³/mol. The van der Waals surface area contributed by atoms with Crippen LogP contribution < -0.4 is 14.8 Å². The molecule has 9 heteroatoms. The Morgan fingerprint density at radius 1 is 1.22 bits per heavy atom. The van der Waals surface area contributed by atoms with E-state index in [-0.39, 0.29) is 11.8 Å². The van der Waals surface area contributed by atoms with Crippen molar-refractivity contribution in [2.45, 2.75) is 44.0 Å². The first-order valence-corrected chi connectivity index (χ1v) is 12.5. The van der Waals surface area contributed by atoms with Gasteiger partial charge in [-0.3, -0.25) is 9.78 Å². The fourth-order valence-corrected chi connectivity index (χ4v) is 5.79. The third kappa shape index (κ3) is 5.23. The molecule has 0 bridgehead atoms. The first-order valence-electron chi connectivity index (χ1n) is 10.6. The minimum Gasteiger partial charge on any atom is -0.495 e. The van der Waals surface area contributed by atoms with Crippen molar-refractivity contribution in [3.8, 4) is 16.2 Å². The second-order valence-electron chi connectivity index (χ2n) is 7.72. The number of aryl methyl sites for hydroxylation is 1. The normalized spacial score (nSPS) is 14.9. The van der Waals surface area contributed by atoms with Crippen LogP contribution >= 0.6 is 11.3 Å². The van der Waals surface area contributed by atoms with E-state index in [1.807, 2.05) is 37.3 Å². The van der Waals surface area contributed by atoms with Crippen LogP contribution in [0, 0.1) is 12.8 Å². The molecule has 0 radical (unpaired) electrons. The average molecular weight is 471 g/mol. The molecule has 1 aliphatic rings. The van der Waals surface area contributed by atoms with Crippen molar-refractivity contribution in [2.24, 2.45) is 5.92 Å². The third-order valence-electron chi connectivity index (χ3n) is 5.53. The molecule has 1 aliphatic carbocycles. The Morgan fingerprint density at radius 3 is 2.69 bits per heavy atom. The minimum atomic E-state index is -1.47. The van der Waals surface area contributed by atoms with E-state index in [0.29, 0.717) is 22.3 Å². The van der Waals surface area contributed by atoms with Gasteiger partial charge in [0.05, 0.1) is 22.6 Å². The zero-order valence-corrected chi connectivity index (χ0v) is 19.7. The van der Waals surface area contributed by atoms with E-state index in [9.17, 15) is 9.00 Å². The maximum Gasteiger partial charge on any atom is 0.229 e. The van der Waals surface area contributed by atoms with Gasteiger partial charge < -0.3 is 10.1 Å². The Hall–Kier alpha value is -2.62. The van der Waals surface area contributed by atoms with Crippen molar-refractivity contribution in [3.05, 3.63) is 54.0 Å². The molecule has 1 fully saturated rings. The number of anilines is 1. The molecule has 1 saturated carbocycles. The molecule has 0 aliphatic heterocycles. The summed E-state index contributed by atoms with van der Waals surface area (Å²) >= 11 is 1.43. The van der Waals surface area contributed by atoms with Crippen LogP contribution in [0.3, 0.4) is 0 Å². The topological polar surface area (TPSA) is 93.2 Å². The lowest BCUT2D eigenvalue weighted by Gasteiger charge is -2.11. The van der Waals surface area contributed by atoms with Gasteiger partial charge >= 0.3 is 0 Å². The number of pyridine rings is 1. The maximum absolute atomic E-state index is 13.0. The van der Waals surface area contributed by atoms with E-state index < -0.39 is 11.0 Å². The Kier molecular flexibility index (Phi) is 7.29. The van der Waals surface area contributed by atoms with Crippen LogP contribution in [0.1, 0.15) is 36.9 Å². The fraction of sp³-hybridized carbons (Fsp3) is 0.348. The number of hydrogen-bond acceptors (Lipinski definition) is 6. The van der Waals surface area contributed by atoms with Crippen LogP contribution in [0.15, 0.2) is 47.6 Å². The van der Waals surface area contributed by atoms with Gasteiger partial charge in [-0.15, -0.1) is 0 Å². The monoisotopic (exact) mass is 470 g/mol. The first kappa shape index (κ1) is 22.6. The lowest BCUT2D eigenvalue weighted by atomic mass is 10.1. The summed E-state index contributed by atoms with van der Waals surface area (Å²) in [6.07, 6.45) is 7.53. The summed E-state index contributed by atoms with van der Waals surface area (Å²) in [5, 5.41) is 3.58. The quantitative estimate of drug-likeness (QED) is 0.507. The Labute approximate surface area is 194 Å². The molecule has 3 aromatic rings. The molecule has 2 aromatic heterocycles. The van der Waals surface area contributed by atoms with E-state index in [1.54, 1.807) is 19.5 Å². The predicted octanol–water partition coefficient (Wildman–Crippen LogP) is 4.46. The van der Waals surface area contributed by atoms with Gasteiger partial charge in [-0.05, 0) is 61.2 Å². The molecule has 4 rings (SSSR count). The summed E-state index contributed by atoms with van der Waals surface area (Å²) in [7, 11) is 0.0917. The zero-order valence-electron chi connectivity index (χ0n) is 18.1. The number of carbonyl (C=O) groups excluding carboxylic acids is 1. The molecule has 2 N–H and O–H groups in total. The van der Waals surface area contributed by atoms with Crippen LogP contribution in [-0.4, -0.2) is 27.2 Å². The summed E-state index contributed by atoms with van der Waals surface area (Å²) in [5.74, 6) is 0.690.